The highest BCUT2D eigenvalue weighted by Crippen LogP contribution is 2.20. The molecule has 2 heterocycles. The molecular weight excluding hydrogens is 512 g/mol. The number of ether oxygens (including phenoxy) is 1. The molecule has 1 aliphatic heterocycles. The van der Waals surface area contributed by atoms with Crippen LogP contribution < -0.4 is 20.3 Å². The second kappa shape index (κ2) is 12.7. The van der Waals surface area contributed by atoms with E-state index in [1.165, 1.54) is 6.07 Å². The Bertz CT molecular complexity index is 854. The van der Waals surface area contributed by atoms with E-state index in [1.807, 2.05) is 43.0 Å². The Morgan fingerprint density at radius 2 is 2.23 bits per heavy atom. The van der Waals surface area contributed by atoms with Crippen LogP contribution >= 0.6 is 24.0 Å². The van der Waals surface area contributed by atoms with E-state index in [-0.39, 0.29) is 49.0 Å². The number of halogens is 2. The number of hydrogen-bond acceptors (Lipinski definition) is 5. The average Bonchev–Trinajstić information content (AvgIpc) is 3.19. The molecule has 170 valence electrons. The van der Waals surface area contributed by atoms with Gasteiger partial charge in [-0.15, -0.1) is 24.0 Å². The monoisotopic (exact) mass is 543 g/mol. The molecule has 0 radical (unpaired) electrons. The molecular formula is C22H31FIN5O2. The standard InChI is InChI=1S/C22H30FN5O2.HI/c1-3-24-22(26-13-18(29)15-30-19-7-4-6-16(2)12-19)27-17-9-11-28(14-17)21-20(23)8-5-10-25-21;/h4-8,10,12,17-18,29H,3,9,11,13-15H2,1-2H3,(H2,24,26,27);1H. The first-order chi connectivity index (χ1) is 14.5. The number of hydrogen-bond donors (Lipinski definition) is 3. The predicted octanol–water partition coefficient (Wildman–Crippen LogP) is 2.72. The lowest BCUT2D eigenvalue weighted by Crippen LogP contribution is -2.45. The van der Waals surface area contributed by atoms with Crippen LogP contribution in [0.1, 0.15) is 18.9 Å². The van der Waals surface area contributed by atoms with E-state index in [0.29, 0.717) is 24.9 Å². The van der Waals surface area contributed by atoms with Gasteiger partial charge in [-0.1, -0.05) is 12.1 Å². The van der Waals surface area contributed by atoms with Crippen LogP contribution in [0.25, 0.3) is 0 Å². The molecule has 0 amide bonds. The maximum Gasteiger partial charge on any atom is 0.191 e. The van der Waals surface area contributed by atoms with E-state index < -0.39 is 6.10 Å². The number of rotatable bonds is 8. The van der Waals surface area contributed by atoms with Crippen molar-refractivity contribution in [1.82, 2.24) is 15.6 Å². The van der Waals surface area contributed by atoms with Crippen LogP contribution in [-0.2, 0) is 0 Å². The van der Waals surface area contributed by atoms with Crippen molar-refractivity contribution in [2.75, 3.05) is 37.7 Å². The van der Waals surface area contributed by atoms with Gasteiger partial charge in [0.25, 0.3) is 0 Å². The van der Waals surface area contributed by atoms with Crippen molar-refractivity contribution in [2.45, 2.75) is 32.4 Å². The Kier molecular flexibility index (Phi) is 10.3. The fraction of sp³-hybridized carbons (Fsp3) is 0.455. The van der Waals surface area contributed by atoms with Crippen LogP contribution in [0.4, 0.5) is 10.2 Å². The van der Waals surface area contributed by atoms with Gasteiger partial charge < -0.3 is 25.4 Å². The Balaban J connectivity index is 0.00000341. The number of aliphatic imine (C=N–C) groups is 1. The summed E-state index contributed by atoms with van der Waals surface area (Å²) in [6, 6.07) is 10.8. The largest absolute Gasteiger partial charge is 0.491 e. The third-order valence-corrected chi connectivity index (χ3v) is 4.80. The van der Waals surface area contributed by atoms with Gasteiger partial charge in [0.1, 0.15) is 18.5 Å². The number of anilines is 1. The molecule has 9 heteroatoms. The topological polar surface area (TPSA) is 82.0 Å². The first-order valence-electron chi connectivity index (χ1n) is 10.3. The van der Waals surface area contributed by atoms with Crippen LogP contribution in [0, 0.1) is 12.7 Å². The average molecular weight is 543 g/mol. The molecule has 1 aliphatic rings. The highest BCUT2D eigenvalue weighted by molar-refractivity contribution is 14.0. The molecule has 0 bridgehead atoms. The molecule has 31 heavy (non-hydrogen) atoms. The van der Waals surface area contributed by atoms with Gasteiger partial charge in [-0.2, -0.15) is 0 Å². The minimum absolute atomic E-state index is 0. The van der Waals surface area contributed by atoms with Gasteiger partial charge in [0, 0.05) is 31.9 Å². The molecule has 0 aliphatic carbocycles. The number of aliphatic hydroxyl groups excluding tert-OH is 1. The summed E-state index contributed by atoms with van der Waals surface area (Å²) in [5.74, 6) is 1.43. The molecule has 2 unspecified atom stereocenters. The first-order valence-corrected chi connectivity index (χ1v) is 10.3. The lowest BCUT2D eigenvalue weighted by molar-refractivity contribution is 0.114. The number of guanidine groups is 1. The van der Waals surface area contributed by atoms with E-state index in [4.69, 9.17) is 4.74 Å². The highest BCUT2D eigenvalue weighted by atomic mass is 127. The van der Waals surface area contributed by atoms with Crippen molar-refractivity contribution in [3.8, 4) is 5.75 Å². The van der Waals surface area contributed by atoms with Crippen molar-refractivity contribution in [1.29, 1.82) is 0 Å². The molecule has 7 nitrogen and oxygen atoms in total. The first kappa shape index (κ1) is 25.1. The second-order valence-electron chi connectivity index (χ2n) is 7.39. The van der Waals surface area contributed by atoms with Crippen LogP contribution in [0.15, 0.2) is 47.6 Å². The normalized spacial score (nSPS) is 17.1. The zero-order valence-electron chi connectivity index (χ0n) is 17.9. The van der Waals surface area contributed by atoms with Gasteiger partial charge in [-0.05, 0) is 50.1 Å². The van der Waals surface area contributed by atoms with E-state index in [9.17, 15) is 9.50 Å². The second-order valence-corrected chi connectivity index (χ2v) is 7.39. The summed E-state index contributed by atoms with van der Waals surface area (Å²) in [7, 11) is 0. The maximum absolute atomic E-state index is 14.0. The lowest BCUT2D eigenvalue weighted by atomic mass is 10.2. The number of nitrogens with one attached hydrogen (secondary N) is 2. The summed E-state index contributed by atoms with van der Waals surface area (Å²) in [6.45, 7) is 6.42. The Morgan fingerprint density at radius 3 is 2.97 bits per heavy atom. The number of aryl methyl sites for hydroxylation is 1. The summed E-state index contributed by atoms with van der Waals surface area (Å²) >= 11 is 0. The van der Waals surface area contributed by atoms with Gasteiger partial charge in [-0.3, -0.25) is 4.99 Å². The van der Waals surface area contributed by atoms with Crippen LogP contribution in [0.5, 0.6) is 5.75 Å². The fourth-order valence-electron chi connectivity index (χ4n) is 3.34. The molecule has 2 aromatic rings. The molecule has 1 saturated heterocycles. The molecule has 1 fully saturated rings. The van der Waals surface area contributed by atoms with Crippen LogP contribution in [-0.4, -0.2) is 61.0 Å². The zero-order valence-corrected chi connectivity index (χ0v) is 20.3. The van der Waals surface area contributed by atoms with Crippen molar-refractivity contribution in [3.63, 3.8) is 0 Å². The van der Waals surface area contributed by atoms with Crippen molar-refractivity contribution in [2.24, 2.45) is 4.99 Å². The number of nitrogens with zero attached hydrogens (tertiary/aromatic N) is 3. The van der Waals surface area contributed by atoms with Crippen LogP contribution in [0.3, 0.4) is 0 Å². The number of benzene rings is 1. The molecule has 3 rings (SSSR count). The lowest BCUT2D eigenvalue weighted by Gasteiger charge is -2.20. The smallest absolute Gasteiger partial charge is 0.191 e. The molecule has 3 N–H and O–H groups in total. The van der Waals surface area contributed by atoms with Crippen molar-refractivity contribution in [3.05, 3.63) is 54.0 Å². The van der Waals surface area contributed by atoms with E-state index in [0.717, 1.165) is 24.3 Å². The summed E-state index contributed by atoms with van der Waals surface area (Å²) in [6.07, 6.45) is 1.73. The Hall–Kier alpha value is -2.14. The minimum atomic E-state index is -0.719. The van der Waals surface area contributed by atoms with Crippen molar-refractivity contribution >= 4 is 35.8 Å². The summed E-state index contributed by atoms with van der Waals surface area (Å²) < 4.78 is 19.6. The molecule has 2 atom stereocenters. The van der Waals surface area contributed by atoms with E-state index >= 15 is 0 Å². The van der Waals surface area contributed by atoms with Gasteiger partial charge in [0.05, 0.1) is 6.54 Å². The van der Waals surface area contributed by atoms with Crippen molar-refractivity contribution < 1.29 is 14.2 Å². The SMILES string of the molecule is CCNC(=NCC(O)COc1cccc(C)c1)NC1CCN(c2ncccc2F)C1.I. The zero-order chi connectivity index (χ0) is 21.3. The fourth-order valence-corrected chi connectivity index (χ4v) is 3.34. The van der Waals surface area contributed by atoms with Gasteiger partial charge in [0.15, 0.2) is 17.6 Å². The van der Waals surface area contributed by atoms with Gasteiger partial charge in [-0.25, -0.2) is 9.37 Å². The van der Waals surface area contributed by atoms with Gasteiger partial charge in [0.2, 0.25) is 0 Å². The highest BCUT2D eigenvalue weighted by Gasteiger charge is 2.26. The van der Waals surface area contributed by atoms with E-state index in [2.05, 4.69) is 20.6 Å². The Morgan fingerprint density at radius 1 is 1.39 bits per heavy atom. The summed E-state index contributed by atoms with van der Waals surface area (Å²) in [5.41, 5.74) is 1.11. The third-order valence-electron chi connectivity index (χ3n) is 4.80. The number of aromatic nitrogens is 1. The van der Waals surface area contributed by atoms with Gasteiger partial charge >= 0.3 is 0 Å². The van der Waals surface area contributed by atoms with E-state index in [1.54, 1.807) is 12.3 Å². The maximum atomic E-state index is 14.0. The summed E-state index contributed by atoms with van der Waals surface area (Å²) in [5, 5.41) is 16.8. The summed E-state index contributed by atoms with van der Waals surface area (Å²) in [4.78, 5) is 10.6. The molecule has 1 aromatic carbocycles. The molecule has 1 aromatic heterocycles. The third kappa shape index (κ3) is 7.80. The molecule has 0 saturated carbocycles. The Labute approximate surface area is 200 Å². The minimum Gasteiger partial charge on any atom is -0.491 e. The van der Waals surface area contributed by atoms with Crippen LogP contribution in [0.2, 0.25) is 0 Å². The number of pyridine rings is 1. The molecule has 0 spiro atoms. The predicted molar refractivity (Wildman–Crippen MR) is 132 cm³/mol. The quantitative estimate of drug-likeness (QED) is 0.270. The number of aliphatic hydroxyl groups is 1.